The highest BCUT2D eigenvalue weighted by Gasteiger charge is 2.22. The quantitative estimate of drug-likeness (QED) is 0.823. The van der Waals surface area contributed by atoms with Gasteiger partial charge in [0.05, 0.1) is 11.6 Å². The molecule has 0 saturated carbocycles. The van der Waals surface area contributed by atoms with Crippen LogP contribution >= 0.6 is 0 Å². The molecule has 1 heterocycles. The van der Waals surface area contributed by atoms with Gasteiger partial charge in [0.15, 0.2) is 6.10 Å². The Hall–Kier alpha value is -2.80. The van der Waals surface area contributed by atoms with Crippen LogP contribution in [0.15, 0.2) is 48.5 Å². The third-order valence-electron chi connectivity index (χ3n) is 4.78. The first-order valence-electron chi connectivity index (χ1n) is 9.23. The molecular weight excluding hydrogens is 324 g/mol. The van der Waals surface area contributed by atoms with Crippen LogP contribution in [0.4, 0.5) is 0 Å². The number of hydrogen-bond acceptors (Lipinski definition) is 3. The standard InChI is InChI=1S/C22H24N2O2/c1-17(22(25)24-14-4-2-3-5-15-24)26-21-12-10-20(11-13-21)19-8-6-18(16-23)7-9-19/h6-13,17H,2-5,14-15H2,1H3/t17-/m1/s1. The SMILES string of the molecule is C[C@@H](Oc1ccc(-c2ccc(C#N)cc2)cc1)C(=O)N1CCCCCC1. The molecule has 0 N–H and O–H groups in total. The van der Waals surface area contributed by atoms with Gasteiger partial charge in [-0.25, -0.2) is 0 Å². The molecule has 1 fully saturated rings. The number of likely N-dealkylation sites (tertiary alicyclic amines) is 1. The van der Waals surface area contributed by atoms with Crippen molar-refractivity contribution in [1.82, 2.24) is 4.90 Å². The number of rotatable bonds is 4. The van der Waals surface area contributed by atoms with Gasteiger partial charge in [0.25, 0.3) is 5.91 Å². The predicted octanol–water partition coefficient (Wildman–Crippen LogP) is 4.40. The number of carbonyl (C=O) groups excluding carboxylic acids is 1. The fourth-order valence-corrected chi connectivity index (χ4v) is 3.27. The molecule has 0 bridgehead atoms. The van der Waals surface area contributed by atoms with E-state index in [0.29, 0.717) is 11.3 Å². The van der Waals surface area contributed by atoms with Gasteiger partial charge in [-0.05, 0) is 55.2 Å². The van der Waals surface area contributed by atoms with E-state index >= 15 is 0 Å². The summed E-state index contributed by atoms with van der Waals surface area (Å²) in [5, 5.41) is 8.88. The van der Waals surface area contributed by atoms with Crippen LogP contribution in [0.1, 0.15) is 38.2 Å². The average Bonchev–Trinajstić information content (AvgIpc) is 2.97. The van der Waals surface area contributed by atoms with Crippen molar-refractivity contribution >= 4 is 5.91 Å². The second kappa shape index (κ2) is 8.53. The number of hydrogen-bond donors (Lipinski definition) is 0. The second-order valence-corrected chi connectivity index (χ2v) is 6.71. The molecule has 1 atom stereocenters. The molecule has 1 saturated heterocycles. The van der Waals surface area contributed by atoms with Gasteiger partial charge in [0.1, 0.15) is 5.75 Å². The summed E-state index contributed by atoms with van der Waals surface area (Å²) in [7, 11) is 0. The first-order valence-corrected chi connectivity index (χ1v) is 9.23. The van der Waals surface area contributed by atoms with Crippen molar-refractivity contribution in [1.29, 1.82) is 5.26 Å². The van der Waals surface area contributed by atoms with Gasteiger partial charge < -0.3 is 9.64 Å². The summed E-state index contributed by atoms with van der Waals surface area (Å²) in [6, 6.07) is 17.3. The fourth-order valence-electron chi connectivity index (χ4n) is 3.27. The summed E-state index contributed by atoms with van der Waals surface area (Å²) in [5.41, 5.74) is 2.74. The van der Waals surface area contributed by atoms with E-state index in [1.54, 1.807) is 0 Å². The van der Waals surface area contributed by atoms with Gasteiger partial charge in [0, 0.05) is 13.1 Å². The smallest absolute Gasteiger partial charge is 0.263 e. The van der Waals surface area contributed by atoms with Crippen molar-refractivity contribution in [2.45, 2.75) is 38.7 Å². The van der Waals surface area contributed by atoms with Crippen LogP contribution in [0.5, 0.6) is 5.75 Å². The molecular formula is C22H24N2O2. The molecule has 4 nitrogen and oxygen atoms in total. The number of nitriles is 1. The maximum absolute atomic E-state index is 12.6. The van der Waals surface area contributed by atoms with Crippen LogP contribution in [0.25, 0.3) is 11.1 Å². The highest BCUT2D eigenvalue weighted by Crippen LogP contribution is 2.23. The van der Waals surface area contributed by atoms with Crippen molar-refractivity contribution in [2.75, 3.05) is 13.1 Å². The fraction of sp³-hybridized carbons (Fsp3) is 0.364. The normalized spacial score (nSPS) is 15.6. The van der Waals surface area contributed by atoms with Crippen LogP contribution in [-0.4, -0.2) is 30.0 Å². The van der Waals surface area contributed by atoms with Crippen LogP contribution in [0.2, 0.25) is 0 Å². The number of nitrogens with zero attached hydrogens (tertiary/aromatic N) is 2. The molecule has 0 radical (unpaired) electrons. The molecule has 2 aromatic rings. The first kappa shape index (κ1) is 18.0. The molecule has 0 aromatic heterocycles. The summed E-state index contributed by atoms with van der Waals surface area (Å²) in [4.78, 5) is 14.5. The van der Waals surface area contributed by atoms with Gasteiger partial charge in [-0.1, -0.05) is 37.1 Å². The highest BCUT2D eigenvalue weighted by molar-refractivity contribution is 5.81. The van der Waals surface area contributed by atoms with Crippen molar-refractivity contribution in [3.63, 3.8) is 0 Å². The Morgan fingerprint density at radius 3 is 2.04 bits per heavy atom. The lowest BCUT2D eigenvalue weighted by Crippen LogP contribution is -2.40. The van der Waals surface area contributed by atoms with Gasteiger partial charge in [-0.2, -0.15) is 5.26 Å². The minimum Gasteiger partial charge on any atom is -0.481 e. The Morgan fingerprint density at radius 2 is 1.50 bits per heavy atom. The molecule has 1 aliphatic heterocycles. The van der Waals surface area contributed by atoms with Gasteiger partial charge in [-0.3, -0.25) is 4.79 Å². The number of ether oxygens (including phenoxy) is 1. The van der Waals surface area contributed by atoms with Crippen molar-refractivity contribution in [3.05, 3.63) is 54.1 Å². The predicted molar refractivity (Wildman–Crippen MR) is 102 cm³/mol. The first-order chi connectivity index (χ1) is 12.7. The second-order valence-electron chi connectivity index (χ2n) is 6.71. The molecule has 0 unspecified atom stereocenters. The van der Waals surface area contributed by atoms with Crippen molar-refractivity contribution < 1.29 is 9.53 Å². The van der Waals surface area contributed by atoms with Crippen molar-refractivity contribution in [2.24, 2.45) is 0 Å². The Kier molecular flexibility index (Phi) is 5.91. The van der Waals surface area contributed by atoms with Crippen LogP contribution in [-0.2, 0) is 4.79 Å². The van der Waals surface area contributed by atoms with Crippen LogP contribution in [0.3, 0.4) is 0 Å². The molecule has 4 heteroatoms. The zero-order valence-corrected chi connectivity index (χ0v) is 15.1. The minimum absolute atomic E-state index is 0.0723. The Bertz CT molecular complexity index is 767. The Labute approximate surface area is 155 Å². The van der Waals surface area contributed by atoms with Gasteiger partial charge in [-0.15, -0.1) is 0 Å². The number of amides is 1. The molecule has 0 aliphatic carbocycles. The monoisotopic (exact) mass is 348 g/mol. The molecule has 2 aromatic carbocycles. The summed E-state index contributed by atoms with van der Waals surface area (Å²) in [5.74, 6) is 0.765. The third kappa shape index (κ3) is 4.43. The lowest BCUT2D eigenvalue weighted by molar-refractivity contribution is -0.137. The topological polar surface area (TPSA) is 53.3 Å². The lowest BCUT2D eigenvalue weighted by atomic mass is 10.0. The van der Waals surface area contributed by atoms with Gasteiger partial charge >= 0.3 is 0 Å². The third-order valence-corrected chi connectivity index (χ3v) is 4.78. The maximum atomic E-state index is 12.6. The molecule has 1 aliphatic rings. The van der Waals surface area contributed by atoms with E-state index in [1.807, 2.05) is 60.4 Å². The largest absolute Gasteiger partial charge is 0.481 e. The van der Waals surface area contributed by atoms with E-state index in [0.717, 1.165) is 37.1 Å². The summed E-state index contributed by atoms with van der Waals surface area (Å²) < 4.78 is 5.86. The number of carbonyl (C=O) groups is 1. The molecule has 0 spiro atoms. The zero-order valence-electron chi connectivity index (χ0n) is 15.1. The zero-order chi connectivity index (χ0) is 18.4. The van der Waals surface area contributed by atoms with E-state index in [2.05, 4.69) is 6.07 Å². The highest BCUT2D eigenvalue weighted by atomic mass is 16.5. The van der Waals surface area contributed by atoms with Crippen LogP contribution < -0.4 is 4.74 Å². The van der Waals surface area contributed by atoms with E-state index in [4.69, 9.17) is 10.00 Å². The van der Waals surface area contributed by atoms with E-state index in [-0.39, 0.29) is 5.91 Å². The van der Waals surface area contributed by atoms with Gasteiger partial charge in [0.2, 0.25) is 0 Å². The summed E-state index contributed by atoms with van der Waals surface area (Å²) in [6.45, 7) is 3.50. The number of benzene rings is 2. The average molecular weight is 348 g/mol. The Morgan fingerprint density at radius 1 is 0.962 bits per heavy atom. The summed E-state index contributed by atoms with van der Waals surface area (Å²) >= 11 is 0. The maximum Gasteiger partial charge on any atom is 0.263 e. The molecule has 3 rings (SSSR count). The van der Waals surface area contributed by atoms with E-state index < -0.39 is 6.10 Å². The van der Waals surface area contributed by atoms with Crippen molar-refractivity contribution in [3.8, 4) is 22.9 Å². The molecule has 134 valence electrons. The summed E-state index contributed by atoms with van der Waals surface area (Å²) in [6.07, 6.45) is 4.09. The van der Waals surface area contributed by atoms with E-state index in [9.17, 15) is 4.79 Å². The lowest BCUT2D eigenvalue weighted by Gasteiger charge is -2.24. The Balaban J connectivity index is 1.62. The van der Waals surface area contributed by atoms with Crippen LogP contribution in [0, 0.1) is 11.3 Å². The minimum atomic E-state index is -0.478. The molecule has 26 heavy (non-hydrogen) atoms. The molecule has 1 amide bonds. The van der Waals surface area contributed by atoms with E-state index in [1.165, 1.54) is 12.8 Å².